The number of halogens is 4. The molecule has 0 bridgehead atoms. The van der Waals surface area contributed by atoms with Crippen molar-refractivity contribution in [2.24, 2.45) is 0 Å². The highest BCUT2D eigenvalue weighted by Crippen LogP contribution is 2.34. The summed E-state index contributed by atoms with van der Waals surface area (Å²) in [4.78, 5) is 25.4. The fraction of sp³-hybridized carbons (Fsp3) is 0.0417. The number of nitrogens with one attached hydrogen (secondary N) is 1. The van der Waals surface area contributed by atoms with Crippen molar-refractivity contribution in [3.63, 3.8) is 0 Å². The first-order chi connectivity index (χ1) is 15.7. The van der Waals surface area contributed by atoms with Crippen LogP contribution < -0.4 is 5.32 Å². The van der Waals surface area contributed by atoms with Gasteiger partial charge in [0.1, 0.15) is 0 Å². The van der Waals surface area contributed by atoms with Gasteiger partial charge in [0, 0.05) is 21.8 Å². The Morgan fingerprint density at radius 2 is 1.55 bits per heavy atom. The lowest BCUT2D eigenvalue weighted by Gasteiger charge is -2.13. The number of carbonyl (C=O) groups excluding carboxylic acids is 2. The van der Waals surface area contributed by atoms with Crippen LogP contribution in [-0.4, -0.2) is 21.5 Å². The summed E-state index contributed by atoms with van der Waals surface area (Å²) in [5.74, 6) is -1.29. The molecule has 9 heteroatoms. The lowest BCUT2D eigenvalue weighted by atomic mass is 10.0. The summed E-state index contributed by atoms with van der Waals surface area (Å²) in [5.41, 5.74) is -0.872. The van der Waals surface area contributed by atoms with Crippen molar-refractivity contribution >= 4 is 29.0 Å². The van der Waals surface area contributed by atoms with Gasteiger partial charge in [-0.05, 0) is 36.4 Å². The molecule has 1 heterocycles. The molecule has 0 saturated heterocycles. The quantitative estimate of drug-likeness (QED) is 0.363. The van der Waals surface area contributed by atoms with E-state index in [0.29, 0.717) is 15.3 Å². The number of benzene rings is 3. The number of ketones is 1. The second kappa shape index (κ2) is 8.91. The Morgan fingerprint density at radius 1 is 0.879 bits per heavy atom. The third-order valence-electron chi connectivity index (χ3n) is 4.77. The van der Waals surface area contributed by atoms with E-state index in [-0.39, 0.29) is 22.7 Å². The smallest absolute Gasteiger partial charge is 0.322 e. The zero-order valence-corrected chi connectivity index (χ0v) is 17.6. The van der Waals surface area contributed by atoms with E-state index < -0.39 is 23.3 Å². The van der Waals surface area contributed by atoms with Crippen LogP contribution in [0.2, 0.25) is 5.02 Å². The number of carbonyl (C=O) groups is 2. The fourth-order valence-corrected chi connectivity index (χ4v) is 3.38. The van der Waals surface area contributed by atoms with Gasteiger partial charge >= 0.3 is 6.18 Å². The van der Waals surface area contributed by atoms with E-state index >= 15 is 0 Å². The van der Waals surface area contributed by atoms with Gasteiger partial charge in [0.2, 0.25) is 0 Å². The minimum atomic E-state index is -4.85. The largest absolute Gasteiger partial charge is 0.434 e. The number of aromatic nitrogens is 2. The van der Waals surface area contributed by atoms with E-state index in [1.165, 1.54) is 42.5 Å². The number of anilines is 1. The summed E-state index contributed by atoms with van der Waals surface area (Å²) in [5, 5.41) is 6.54. The molecule has 166 valence electrons. The van der Waals surface area contributed by atoms with Crippen LogP contribution in [0.15, 0.2) is 85.1 Å². The van der Waals surface area contributed by atoms with Crippen LogP contribution in [0.4, 0.5) is 18.9 Å². The summed E-state index contributed by atoms with van der Waals surface area (Å²) in [7, 11) is 0. The molecule has 0 aliphatic rings. The fourth-order valence-electron chi connectivity index (χ4n) is 3.26. The predicted molar refractivity (Wildman–Crippen MR) is 118 cm³/mol. The van der Waals surface area contributed by atoms with Gasteiger partial charge in [-0.25, -0.2) is 4.68 Å². The molecule has 1 aromatic heterocycles. The monoisotopic (exact) mass is 469 g/mol. The van der Waals surface area contributed by atoms with E-state index in [1.54, 1.807) is 36.4 Å². The number of nitrogens with zero attached hydrogens (tertiary/aromatic N) is 2. The SMILES string of the molecule is O=C(c1ccccc1)c1cccc(NC(=O)c2cnn(-c3ccc(Cl)cc3)c2C(F)(F)F)c1. The molecule has 0 aliphatic carbocycles. The van der Waals surface area contributed by atoms with E-state index in [9.17, 15) is 22.8 Å². The van der Waals surface area contributed by atoms with Crippen molar-refractivity contribution < 1.29 is 22.8 Å². The molecular formula is C24H15ClF3N3O2. The summed E-state index contributed by atoms with van der Waals surface area (Å²) < 4.78 is 42.2. The van der Waals surface area contributed by atoms with Gasteiger partial charge in [0.15, 0.2) is 11.5 Å². The minimum Gasteiger partial charge on any atom is -0.322 e. The maximum atomic E-state index is 13.9. The van der Waals surface area contributed by atoms with Crippen molar-refractivity contribution in [3.8, 4) is 5.69 Å². The van der Waals surface area contributed by atoms with Gasteiger partial charge in [-0.2, -0.15) is 18.3 Å². The van der Waals surface area contributed by atoms with E-state index in [2.05, 4.69) is 10.4 Å². The molecule has 4 rings (SSSR count). The topological polar surface area (TPSA) is 64.0 Å². The van der Waals surface area contributed by atoms with Crippen LogP contribution in [-0.2, 0) is 6.18 Å². The standard InChI is InChI=1S/C24H15ClF3N3O2/c25-17-9-11-19(12-10-17)31-22(24(26,27)28)20(14-29-31)23(33)30-18-8-4-7-16(13-18)21(32)15-5-2-1-3-6-15/h1-14H,(H,30,33). The van der Waals surface area contributed by atoms with E-state index in [1.807, 2.05) is 0 Å². The third kappa shape index (κ3) is 4.80. The lowest BCUT2D eigenvalue weighted by molar-refractivity contribution is -0.143. The van der Waals surface area contributed by atoms with Crippen LogP contribution in [0, 0.1) is 0 Å². The Balaban J connectivity index is 1.64. The number of amides is 1. The van der Waals surface area contributed by atoms with Crippen LogP contribution in [0.25, 0.3) is 5.69 Å². The van der Waals surface area contributed by atoms with Gasteiger partial charge in [-0.3, -0.25) is 9.59 Å². The molecule has 1 amide bonds. The molecular weight excluding hydrogens is 455 g/mol. The van der Waals surface area contributed by atoms with Crippen LogP contribution in [0.1, 0.15) is 32.0 Å². The first-order valence-corrected chi connectivity index (χ1v) is 10.0. The number of hydrogen-bond donors (Lipinski definition) is 1. The molecule has 1 N–H and O–H groups in total. The van der Waals surface area contributed by atoms with Crippen LogP contribution >= 0.6 is 11.6 Å². The van der Waals surface area contributed by atoms with Gasteiger partial charge in [0.05, 0.1) is 17.4 Å². The Hall–Kier alpha value is -3.91. The number of alkyl halides is 3. The second-order valence-corrected chi connectivity index (χ2v) is 7.46. The van der Waals surface area contributed by atoms with E-state index in [0.717, 1.165) is 6.20 Å². The Morgan fingerprint density at radius 3 is 2.21 bits per heavy atom. The van der Waals surface area contributed by atoms with Crippen LogP contribution in [0.5, 0.6) is 0 Å². The zero-order chi connectivity index (χ0) is 23.6. The average molecular weight is 470 g/mol. The third-order valence-corrected chi connectivity index (χ3v) is 5.02. The molecule has 4 aromatic rings. The minimum absolute atomic E-state index is 0.0984. The van der Waals surface area contributed by atoms with Crippen molar-refractivity contribution in [1.29, 1.82) is 0 Å². The van der Waals surface area contributed by atoms with E-state index in [4.69, 9.17) is 11.6 Å². The summed E-state index contributed by atoms with van der Waals surface area (Å²) in [6.07, 6.45) is -4.00. The molecule has 0 fully saturated rings. The van der Waals surface area contributed by atoms with Crippen LogP contribution in [0.3, 0.4) is 0 Å². The summed E-state index contributed by atoms with van der Waals surface area (Å²) in [6, 6.07) is 20.1. The van der Waals surface area contributed by atoms with Crippen molar-refractivity contribution in [1.82, 2.24) is 9.78 Å². The van der Waals surface area contributed by atoms with Gasteiger partial charge in [0.25, 0.3) is 5.91 Å². The van der Waals surface area contributed by atoms with Crippen molar-refractivity contribution in [2.75, 3.05) is 5.32 Å². The number of hydrogen-bond acceptors (Lipinski definition) is 3. The Bertz CT molecular complexity index is 1320. The molecule has 0 atom stereocenters. The molecule has 0 aliphatic heterocycles. The molecule has 0 saturated carbocycles. The normalized spacial score (nSPS) is 11.3. The molecule has 5 nitrogen and oxygen atoms in total. The summed E-state index contributed by atoms with van der Waals surface area (Å²) in [6.45, 7) is 0. The van der Waals surface area contributed by atoms with Gasteiger partial charge < -0.3 is 5.32 Å². The zero-order valence-electron chi connectivity index (χ0n) is 16.8. The van der Waals surface area contributed by atoms with Crippen molar-refractivity contribution in [3.05, 3.63) is 112 Å². The second-order valence-electron chi connectivity index (χ2n) is 7.02. The predicted octanol–water partition coefficient (Wildman–Crippen LogP) is 6.03. The highest BCUT2D eigenvalue weighted by atomic mass is 35.5. The molecule has 0 spiro atoms. The van der Waals surface area contributed by atoms with Crippen molar-refractivity contribution in [2.45, 2.75) is 6.18 Å². The summed E-state index contributed by atoms with van der Waals surface area (Å²) >= 11 is 5.81. The highest BCUT2D eigenvalue weighted by molar-refractivity contribution is 6.30. The molecule has 33 heavy (non-hydrogen) atoms. The van der Waals surface area contributed by atoms with Gasteiger partial charge in [-0.15, -0.1) is 0 Å². The average Bonchev–Trinajstić information content (AvgIpc) is 3.26. The first kappa shape index (κ1) is 22.3. The lowest BCUT2D eigenvalue weighted by Crippen LogP contribution is -2.20. The molecule has 0 unspecified atom stereocenters. The van der Waals surface area contributed by atoms with Gasteiger partial charge in [-0.1, -0.05) is 54.1 Å². The highest BCUT2D eigenvalue weighted by Gasteiger charge is 2.40. The molecule has 3 aromatic carbocycles. The number of rotatable bonds is 5. The molecule has 0 radical (unpaired) electrons. The first-order valence-electron chi connectivity index (χ1n) is 9.66. The Labute approximate surface area is 191 Å². The maximum absolute atomic E-state index is 13.9. The maximum Gasteiger partial charge on any atom is 0.434 e. The Kier molecular flexibility index (Phi) is 6.02.